The predicted molar refractivity (Wildman–Crippen MR) is 80.1 cm³/mol. The normalized spacial score (nSPS) is 18.5. The van der Waals surface area contributed by atoms with Crippen LogP contribution in [0.2, 0.25) is 10.0 Å². The van der Waals surface area contributed by atoms with Gasteiger partial charge in [0.1, 0.15) is 6.10 Å². The van der Waals surface area contributed by atoms with Gasteiger partial charge in [0, 0.05) is 13.5 Å². The maximum Gasteiger partial charge on any atom is 0.255 e. The Kier molecular flexibility index (Phi) is 4.33. The van der Waals surface area contributed by atoms with Crippen LogP contribution >= 0.6 is 23.2 Å². The molecule has 1 aromatic heterocycles. The number of amides is 1. The number of ether oxygens (including phenoxy) is 1. The molecule has 0 N–H and O–H groups in total. The van der Waals surface area contributed by atoms with E-state index in [-0.39, 0.29) is 10.9 Å². The number of morpholine rings is 1. The van der Waals surface area contributed by atoms with Gasteiger partial charge in [-0.2, -0.15) is 4.98 Å². The molecule has 1 unspecified atom stereocenters. The van der Waals surface area contributed by atoms with Crippen molar-refractivity contribution in [1.29, 1.82) is 0 Å². The highest BCUT2D eigenvalue weighted by atomic mass is 35.5. The van der Waals surface area contributed by atoms with Crippen molar-refractivity contribution in [2.24, 2.45) is 0 Å². The summed E-state index contributed by atoms with van der Waals surface area (Å²) in [5.41, 5.74) is 0.374. The van der Waals surface area contributed by atoms with Gasteiger partial charge in [-0.05, 0) is 12.1 Å². The Morgan fingerprint density at radius 1 is 1.41 bits per heavy atom. The van der Waals surface area contributed by atoms with Crippen molar-refractivity contribution < 1.29 is 14.1 Å². The molecule has 6 nitrogen and oxygen atoms in total. The summed E-state index contributed by atoms with van der Waals surface area (Å²) in [5.74, 6) is 0.702. The lowest BCUT2D eigenvalue weighted by Crippen LogP contribution is -2.42. The lowest BCUT2D eigenvalue weighted by atomic mass is 10.1. The van der Waals surface area contributed by atoms with Gasteiger partial charge in [0.05, 0.1) is 28.8 Å². The number of aryl methyl sites for hydroxylation is 1. The Morgan fingerprint density at radius 2 is 2.23 bits per heavy atom. The van der Waals surface area contributed by atoms with Crippen molar-refractivity contribution in [3.05, 3.63) is 45.5 Å². The number of rotatable bonds is 2. The van der Waals surface area contributed by atoms with Crippen molar-refractivity contribution in [1.82, 2.24) is 15.0 Å². The van der Waals surface area contributed by atoms with Crippen LogP contribution < -0.4 is 0 Å². The van der Waals surface area contributed by atoms with E-state index in [9.17, 15) is 4.79 Å². The average Bonchev–Trinajstić information content (AvgIpc) is 2.96. The van der Waals surface area contributed by atoms with Gasteiger partial charge in [0.15, 0.2) is 0 Å². The fourth-order valence-corrected chi connectivity index (χ4v) is 2.66. The van der Waals surface area contributed by atoms with Crippen LogP contribution in [0.4, 0.5) is 0 Å². The number of nitrogens with zero attached hydrogens (tertiary/aromatic N) is 3. The predicted octanol–water partition coefficient (Wildman–Crippen LogP) is 2.90. The third-order valence-corrected chi connectivity index (χ3v) is 4.19. The summed E-state index contributed by atoms with van der Waals surface area (Å²) in [4.78, 5) is 18.4. The molecule has 1 fully saturated rings. The highest BCUT2D eigenvalue weighted by molar-refractivity contribution is 6.43. The molecule has 3 rings (SSSR count). The Bertz CT molecular complexity index is 704. The lowest BCUT2D eigenvalue weighted by molar-refractivity contribution is -0.0276. The molecule has 1 aliphatic heterocycles. The van der Waals surface area contributed by atoms with E-state index in [0.717, 1.165) is 0 Å². The van der Waals surface area contributed by atoms with Gasteiger partial charge in [-0.25, -0.2) is 0 Å². The van der Waals surface area contributed by atoms with Gasteiger partial charge in [0.25, 0.3) is 5.91 Å². The standard InChI is InChI=1S/C14H13Cl2N3O3/c1-8-17-13(18-22-8)11-7-19(5-6-21-11)14(20)9-3-2-4-10(15)12(9)16/h2-4,11H,5-7H2,1H3. The molecular weight excluding hydrogens is 329 g/mol. The van der Waals surface area contributed by atoms with Crippen molar-refractivity contribution in [3.8, 4) is 0 Å². The summed E-state index contributed by atoms with van der Waals surface area (Å²) in [6.45, 7) is 2.89. The zero-order chi connectivity index (χ0) is 15.7. The number of aromatic nitrogens is 2. The van der Waals surface area contributed by atoms with Gasteiger partial charge in [-0.15, -0.1) is 0 Å². The van der Waals surface area contributed by atoms with Crippen LogP contribution in [0.25, 0.3) is 0 Å². The van der Waals surface area contributed by atoms with Crippen molar-refractivity contribution >= 4 is 29.1 Å². The first-order valence-corrected chi connectivity index (χ1v) is 7.47. The largest absolute Gasteiger partial charge is 0.366 e. The first-order valence-electron chi connectivity index (χ1n) is 6.71. The van der Waals surface area contributed by atoms with E-state index >= 15 is 0 Å². The molecule has 0 spiro atoms. The molecule has 116 valence electrons. The zero-order valence-corrected chi connectivity index (χ0v) is 13.3. The number of carbonyl (C=O) groups is 1. The molecule has 1 saturated heterocycles. The minimum atomic E-state index is -0.409. The maximum absolute atomic E-state index is 12.6. The highest BCUT2D eigenvalue weighted by Gasteiger charge is 2.30. The van der Waals surface area contributed by atoms with E-state index in [0.29, 0.717) is 42.0 Å². The van der Waals surface area contributed by atoms with Crippen LogP contribution in [0, 0.1) is 6.92 Å². The van der Waals surface area contributed by atoms with E-state index < -0.39 is 6.10 Å². The Morgan fingerprint density at radius 3 is 2.95 bits per heavy atom. The smallest absolute Gasteiger partial charge is 0.255 e. The second-order valence-corrected chi connectivity index (χ2v) is 5.67. The fraction of sp³-hybridized carbons (Fsp3) is 0.357. The molecule has 2 aromatic rings. The van der Waals surface area contributed by atoms with Gasteiger partial charge < -0.3 is 14.2 Å². The van der Waals surface area contributed by atoms with Crippen LogP contribution in [-0.2, 0) is 4.74 Å². The molecular formula is C14H13Cl2N3O3. The topological polar surface area (TPSA) is 68.5 Å². The van der Waals surface area contributed by atoms with Gasteiger partial charge in [-0.1, -0.05) is 34.4 Å². The van der Waals surface area contributed by atoms with Gasteiger partial charge in [0.2, 0.25) is 11.7 Å². The summed E-state index contributed by atoms with van der Waals surface area (Å²) in [6.07, 6.45) is -0.409. The number of hydrogen-bond donors (Lipinski definition) is 0. The zero-order valence-electron chi connectivity index (χ0n) is 11.8. The minimum absolute atomic E-state index is 0.194. The van der Waals surface area contributed by atoms with Gasteiger partial charge in [-0.3, -0.25) is 4.79 Å². The third-order valence-electron chi connectivity index (χ3n) is 3.37. The fourth-order valence-electron chi connectivity index (χ4n) is 2.28. The van der Waals surface area contributed by atoms with Crippen LogP contribution in [-0.4, -0.2) is 40.6 Å². The van der Waals surface area contributed by atoms with Crippen molar-refractivity contribution in [2.75, 3.05) is 19.7 Å². The monoisotopic (exact) mass is 341 g/mol. The van der Waals surface area contributed by atoms with Crippen molar-refractivity contribution in [2.45, 2.75) is 13.0 Å². The quantitative estimate of drug-likeness (QED) is 0.839. The van der Waals surface area contributed by atoms with Gasteiger partial charge >= 0.3 is 0 Å². The molecule has 1 amide bonds. The number of benzene rings is 1. The summed E-state index contributed by atoms with van der Waals surface area (Å²) >= 11 is 12.1. The second-order valence-electron chi connectivity index (χ2n) is 4.88. The molecule has 8 heteroatoms. The lowest BCUT2D eigenvalue weighted by Gasteiger charge is -2.31. The molecule has 2 heterocycles. The number of carbonyl (C=O) groups excluding carboxylic acids is 1. The SMILES string of the molecule is Cc1nc(C2CN(C(=O)c3cccc(Cl)c3Cl)CCO2)no1. The number of hydrogen-bond acceptors (Lipinski definition) is 5. The maximum atomic E-state index is 12.6. The number of halogens is 2. The van der Waals surface area contributed by atoms with E-state index in [1.807, 2.05) is 0 Å². The summed E-state index contributed by atoms with van der Waals surface area (Å²) in [6, 6.07) is 4.99. The molecule has 1 aromatic carbocycles. The third kappa shape index (κ3) is 2.95. The summed E-state index contributed by atoms with van der Waals surface area (Å²) in [5, 5.41) is 4.45. The average molecular weight is 342 g/mol. The van der Waals surface area contributed by atoms with E-state index in [2.05, 4.69) is 10.1 Å². The van der Waals surface area contributed by atoms with Crippen molar-refractivity contribution in [3.63, 3.8) is 0 Å². The molecule has 0 saturated carbocycles. The second kappa shape index (κ2) is 6.24. The molecule has 0 radical (unpaired) electrons. The molecule has 1 aliphatic rings. The Labute approximate surface area is 136 Å². The highest BCUT2D eigenvalue weighted by Crippen LogP contribution is 2.28. The summed E-state index contributed by atoms with van der Waals surface area (Å²) in [7, 11) is 0. The molecule has 22 heavy (non-hydrogen) atoms. The van der Waals surface area contributed by atoms with Crippen LogP contribution in [0.5, 0.6) is 0 Å². The van der Waals surface area contributed by atoms with E-state index in [4.69, 9.17) is 32.5 Å². The Balaban J connectivity index is 1.79. The molecule has 0 bridgehead atoms. The molecule has 0 aliphatic carbocycles. The first kappa shape index (κ1) is 15.3. The first-order chi connectivity index (χ1) is 10.6. The van der Waals surface area contributed by atoms with E-state index in [1.165, 1.54) is 0 Å². The van der Waals surface area contributed by atoms with E-state index in [1.54, 1.807) is 30.0 Å². The summed E-state index contributed by atoms with van der Waals surface area (Å²) < 4.78 is 10.6. The van der Waals surface area contributed by atoms with Crippen LogP contribution in [0.15, 0.2) is 22.7 Å². The van der Waals surface area contributed by atoms with Crippen LogP contribution in [0.1, 0.15) is 28.2 Å². The Hall–Kier alpha value is -1.63. The van der Waals surface area contributed by atoms with Crippen LogP contribution in [0.3, 0.4) is 0 Å². The minimum Gasteiger partial charge on any atom is -0.366 e. The molecule has 1 atom stereocenters.